The van der Waals surface area contributed by atoms with Gasteiger partial charge in [-0.05, 0) is 55.2 Å². The van der Waals surface area contributed by atoms with Crippen LogP contribution in [0.15, 0.2) is 18.2 Å². The average Bonchev–Trinajstić information content (AvgIpc) is 3.10. The van der Waals surface area contributed by atoms with Gasteiger partial charge in [-0.15, -0.1) is 11.6 Å². The molecular weight excluding hydrogens is 294 g/mol. The van der Waals surface area contributed by atoms with Gasteiger partial charge < -0.3 is 10.0 Å². The third-order valence-electron chi connectivity index (χ3n) is 5.44. The third-order valence-corrected chi connectivity index (χ3v) is 5.75. The Morgan fingerprint density at radius 2 is 2.18 bits per heavy atom. The minimum absolute atomic E-state index is 0.0975. The van der Waals surface area contributed by atoms with Crippen molar-refractivity contribution >= 4 is 28.1 Å². The first-order valence-electron chi connectivity index (χ1n) is 8.31. The van der Waals surface area contributed by atoms with Crippen LogP contribution in [0.5, 0.6) is 5.75 Å². The molecule has 4 rings (SSSR count). The highest BCUT2D eigenvalue weighted by molar-refractivity contribution is 6.21. The number of fused-ring (bicyclic) bond motifs is 5. The van der Waals surface area contributed by atoms with Crippen LogP contribution in [0.1, 0.15) is 42.9 Å². The molecule has 1 N–H and O–H groups in total. The fraction of sp³-hybridized carbons (Fsp3) is 0.474. The molecule has 0 aromatic heterocycles. The number of aromatic hydroxyl groups is 1. The molecule has 3 heteroatoms. The number of rotatable bonds is 2. The predicted molar refractivity (Wildman–Crippen MR) is 93.6 cm³/mol. The van der Waals surface area contributed by atoms with Crippen LogP contribution in [-0.4, -0.2) is 23.6 Å². The van der Waals surface area contributed by atoms with Crippen molar-refractivity contribution in [2.24, 2.45) is 0 Å². The van der Waals surface area contributed by atoms with E-state index >= 15 is 0 Å². The lowest BCUT2D eigenvalue weighted by Gasteiger charge is -2.18. The molecule has 22 heavy (non-hydrogen) atoms. The Hall–Kier alpha value is -1.41. The molecule has 2 aromatic carbocycles. The number of likely N-dealkylation sites (N-methyl/N-ethyl adjacent to an activating group) is 1. The molecule has 2 atom stereocenters. The highest BCUT2D eigenvalue weighted by Crippen LogP contribution is 2.49. The van der Waals surface area contributed by atoms with Crippen molar-refractivity contribution < 1.29 is 5.11 Å². The average molecular weight is 316 g/mol. The van der Waals surface area contributed by atoms with Gasteiger partial charge in [0.1, 0.15) is 5.75 Å². The lowest BCUT2D eigenvalue weighted by molar-refractivity contribution is 0.481. The zero-order valence-electron chi connectivity index (χ0n) is 13.2. The molecule has 0 bridgehead atoms. The van der Waals surface area contributed by atoms with E-state index in [0.29, 0.717) is 11.7 Å². The standard InChI is InChI=1S/C19H22ClNO/c1-3-21-10-15(11(2)20)19-16(21)9-17(22)14-8-7-12-5-4-6-13(12)18(14)19/h7-9,11,15,22H,3-6,10H2,1-2H3. The van der Waals surface area contributed by atoms with Crippen molar-refractivity contribution in [3.8, 4) is 5.75 Å². The molecule has 1 heterocycles. The molecule has 1 aliphatic carbocycles. The summed E-state index contributed by atoms with van der Waals surface area (Å²) in [6.07, 6.45) is 3.50. The number of hydrogen-bond donors (Lipinski definition) is 1. The molecule has 0 saturated carbocycles. The molecule has 2 nitrogen and oxygen atoms in total. The van der Waals surface area contributed by atoms with Crippen LogP contribution in [-0.2, 0) is 12.8 Å². The van der Waals surface area contributed by atoms with Gasteiger partial charge in [0.05, 0.1) is 0 Å². The first-order chi connectivity index (χ1) is 10.6. The molecule has 0 radical (unpaired) electrons. The van der Waals surface area contributed by atoms with Gasteiger partial charge in [0, 0.05) is 41.5 Å². The zero-order chi connectivity index (χ0) is 15.4. The summed E-state index contributed by atoms with van der Waals surface area (Å²) < 4.78 is 0. The molecule has 1 aliphatic heterocycles. The number of benzene rings is 2. The van der Waals surface area contributed by atoms with Gasteiger partial charge in [-0.3, -0.25) is 0 Å². The Morgan fingerprint density at radius 3 is 2.91 bits per heavy atom. The Morgan fingerprint density at radius 1 is 1.36 bits per heavy atom. The number of halogens is 1. The van der Waals surface area contributed by atoms with Gasteiger partial charge in [-0.1, -0.05) is 12.1 Å². The van der Waals surface area contributed by atoms with Crippen LogP contribution < -0.4 is 4.90 Å². The smallest absolute Gasteiger partial charge is 0.125 e. The summed E-state index contributed by atoms with van der Waals surface area (Å²) in [6, 6.07) is 6.24. The van der Waals surface area contributed by atoms with E-state index < -0.39 is 0 Å². The minimum Gasteiger partial charge on any atom is -0.507 e. The Bertz CT molecular complexity index is 753. The molecule has 0 fully saturated rings. The maximum atomic E-state index is 10.5. The molecule has 0 spiro atoms. The van der Waals surface area contributed by atoms with Crippen LogP contribution in [0.25, 0.3) is 10.8 Å². The minimum atomic E-state index is 0.0975. The summed E-state index contributed by atoms with van der Waals surface area (Å²) in [5, 5.41) is 12.9. The van der Waals surface area contributed by atoms with Crippen molar-refractivity contribution in [2.75, 3.05) is 18.0 Å². The maximum Gasteiger partial charge on any atom is 0.125 e. The summed E-state index contributed by atoms with van der Waals surface area (Å²) in [4.78, 5) is 2.35. The van der Waals surface area contributed by atoms with E-state index in [2.05, 4.69) is 30.9 Å². The number of hydrogen-bond acceptors (Lipinski definition) is 2. The second-order valence-electron chi connectivity index (χ2n) is 6.63. The molecule has 2 unspecified atom stereocenters. The Kier molecular flexibility index (Phi) is 3.26. The van der Waals surface area contributed by atoms with Crippen molar-refractivity contribution in [2.45, 2.75) is 44.4 Å². The monoisotopic (exact) mass is 315 g/mol. The van der Waals surface area contributed by atoms with E-state index in [4.69, 9.17) is 11.6 Å². The first kappa shape index (κ1) is 14.2. The number of nitrogens with zero attached hydrogens (tertiary/aromatic N) is 1. The van der Waals surface area contributed by atoms with Gasteiger partial charge in [0.15, 0.2) is 0 Å². The lowest BCUT2D eigenvalue weighted by atomic mass is 9.88. The van der Waals surface area contributed by atoms with E-state index in [0.717, 1.165) is 31.3 Å². The van der Waals surface area contributed by atoms with Crippen LogP contribution >= 0.6 is 11.6 Å². The van der Waals surface area contributed by atoms with E-state index in [1.54, 1.807) is 0 Å². The molecule has 0 saturated heterocycles. The molecule has 2 aromatic rings. The fourth-order valence-corrected chi connectivity index (χ4v) is 4.54. The van der Waals surface area contributed by atoms with Crippen molar-refractivity contribution in [3.63, 3.8) is 0 Å². The SMILES string of the molecule is CCN1CC(C(C)Cl)c2c1cc(O)c1ccc3c(c21)CCC3. The largest absolute Gasteiger partial charge is 0.507 e. The Labute approximate surface area is 136 Å². The van der Waals surface area contributed by atoms with Crippen LogP contribution in [0.2, 0.25) is 0 Å². The number of aryl methyl sites for hydroxylation is 2. The van der Waals surface area contributed by atoms with E-state index in [9.17, 15) is 5.11 Å². The van der Waals surface area contributed by atoms with Gasteiger partial charge in [-0.25, -0.2) is 0 Å². The number of anilines is 1. The molecule has 116 valence electrons. The first-order valence-corrected chi connectivity index (χ1v) is 8.74. The van der Waals surface area contributed by atoms with E-state index in [-0.39, 0.29) is 5.38 Å². The third kappa shape index (κ3) is 1.86. The summed E-state index contributed by atoms with van der Waals surface area (Å²) >= 11 is 6.54. The summed E-state index contributed by atoms with van der Waals surface area (Å²) in [5.41, 5.74) is 5.46. The molecular formula is C19H22ClNO. The van der Waals surface area contributed by atoms with E-state index in [1.165, 1.54) is 34.2 Å². The van der Waals surface area contributed by atoms with Crippen molar-refractivity contribution in [3.05, 3.63) is 34.9 Å². The normalized spacial score (nSPS) is 21.2. The topological polar surface area (TPSA) is 23.5 Å². The van der Waals surface area contributed by atoms with Crippen molar-refractivity contribution in [1.29, 1.82) is 0 Å². The maximum absolute atomic E-state index is 10.5. The predicted octanol–water partition coefficient (Wildman–Crippen LogP) is 4.58. The number of phenols is 1. The molecule has 0 amide bonds. The van der Waals surface area contributed by atoms with Crippen LogP contribution in [0.3, 0.4) is 0 Å². The quantitative estimate of drug-likeness (QED) is 0.820. The van der Waals surface area contributed by atoms with Gasteiger partial charge in [0.2, 0.25) is 0 Å². The van der Waals surface area contributed by atoms with Crippen LogP contribution in [0, 0.1) is 0 Å². The summed E-state index contributed by atoms with van der Waals surface area (Å²) in [6.45, 7) is 6.17. The zero-order valence-corrected chi connectivity index (χ0v) is 14.0. The number of alkyl halides is 1. The fourth-order valence-electron chi connectivity index (χ4n) is 4.34. The number of phenolic OH excluding ortho intramolecular Hbond substituents is 1. The van der Waals surface area contributed by atoms with Gasteiger partial charge >= 0.3 is 0 Å². The second kappa shape index (κ2) is 5.06. The van der Waals surface area contributed by atoms with Crippen LogP contribution in [0.4, 0.5) is 5.69 Å². The van der Waals surface area contributed by atoms with E-state index in [1.807, 2.05) is 6.07 Å². The lowest BCUT2D eigenvalue weighted by Crippen LogP contribution is -2.23. The second-order valence-corrected chi connectivity index (χ2v) is 7.32. The highest BCUT2D eigenvalue weighted by atomic mass is 35.5. The summed E-state index contributed by atoms with van der Waals surface area (Å²) in [5.74, 6) is 0.747. The van der Waals surface area contributed by atoms with Gasteiger partial charge in [-0.2, -0.15) is 0 Å². The Balaban J connectivity index is 2.09. The van der Waals surface area contributed by atoms with Crippen molar-refractivity contribution in [1.82, 2.24) is 0 Å². The van der Waals surface area contributed by atoms with Gasteiger partial charge in [0.25, 0.3) is 0 Å². The molecule has 2 aliphatic rings. The summed E-state index contributed by atoms with van der Waals surface area (Å²) in [7, 11) is 0. The highest BCUT2D eigenvalue weighted by Gasteiger charge is 2.35.